The van der Waals surface area contributed by atoms with Crippen molar-refractivity contribution in [2.45, 2.75) is 82.8 Å². The standard InChI is InChI=1S/C32H38O13/c1-15-20-22(40-6)25(36)30(5)18(43-28(38)41-7)13-19-31(14-42-19,45-16(2)33)23(30)26(44-27(37)17-11-9-8-10-12-17)32(39,29(20,3)4)24(35)21(15)34/h8-12,18-19,22-24,26,35,39H,13-14H2,1-7H3/t18-,19+,22+,23-,24-,26-,30+,31-,32+/m0/s1. The molecule has 3 aliphatic carbocycles. The number of hydrogen-bond acceptors (Lipinski definition) is 13. The second kappa shape index (κ2) is 11.0. The van der Waals surface area contributed by atoms with Crippen molar-refractivity contribution in [3.8, 4) is 0 Å². The van der Waals surface area contributed by atoms with E-state index in [1.165, 1.54) is 46.9 Å². The minimum Gasteiger partial charge on any atom is -0.455 e. The van der Waals surface area contributed by atoms with Gasteiger partial charge in [0.15, 0.2) is 17.2 Å². The van der Waals surface area contributed by atoms with Gasteiger partial charge in [-0.15, -0.1) is 0 Å². The monoisotopic (exact) mass is 630 g/mol. The number of hydrogen-bond donors (Lipinski definition) is 2. The van der Waals surface area contributed by atoms with Crippen LogP contribution in [0.3, 0.4) is 0 Å². The van der Waals surface area contributed by atoms with Crippen LogP contribution in [0.4, 0.5) is 4.79 Å². The zero-order valence-electron chi connectivity index (χ0n) is 26.2. The zero-order valence-corrected chi connectivity index (χ0v) is 26.2. The Morgan fingerprint density at radius 1 is 1.02 bits per heavy atom. The SMILES string of the molecule is COC(=O)O[C@H]1C[C@H]2OC[C@@]2(OC(C)=O)[C@H]2[C@H](OC(=O)c3ccccc3)[C@]3(O)[C@@H](O)C(=O)C(C)=C([C@@H](OC)C(=O)[C@]12C)C3(C)C. The van der Waals surface area contributed by atoms with Crippen molar-refractivity contribution >= 4 is 29.7 Å². The van der Waals surface area contributed by atoms with E-state index in [1.807, 2.05) is 0 Å². The summed E-state index contributed by atoms with van der Waals surface area (Å²) in [5.74, 6) is -4.89. The van der Waals surface area contributed by atoms with Crippen molar-refractivity contribution in [1.82, 2.24) is 0 Å². The third-order valence-corrected chi connectivity index (χ3v) is 10.4. The largest absolute Gasteiger partial charge is 0.508 e. The van der Waals surface area contributed by atoms with Crippen LogP contribution in [0.1, 0.15) is 51.4 Å². The van der Waals surface area contributed by atoms with E-state index in [-0.39, 0.29) is 29.7 Å². The first-order valence-corrected chi connectivity index (χ1v) is 14.6. The molecular weight excluding hydrogens is 592 g/mol. The predicted molar refractivity (Wildman–Crippen MR) is 152 cm³/mol. The fourth-order valence-electron chi connectivity index (χ4n) is 8.12. The van der Waals surface area contributed by atoms with E-state index in [0.29, 0.717) is 0 Å². The summed E-state index contributed by atoms with van der Waals surface area (Å²) in [7, 11) is 2.33. The Kier molecular flexibility index (Phi) is 8.01. The summed E-state index contributed by atoms with van der Waals surface area (Å²) in [5, 5.41) is 24.6. The van der Waals surface area contributed by atoms with Gasteiger partial charge in [0.25, 0.3) is 0 Å². The zero-order chi connectivity index (χ0) is 33.3. The molecule has 244 valence electrons. The Labute approximate surface area is 259 Å². The summed E-state index contributed by atoms with van der Waals surface area (Å²) in [6, 6.07) is 7.78. The fourth-order valence-corrected chi connectivity index (χ4v) is 8.12. The quantitative estimate of drug-likeness (QED) is 0.355. The van der Waals surface area contributed by atoms with Gasteiger partial charge in [-0.2, -0.15) is 0 Å². The number of Topliss-reactive ketones (excluding diaryl/α,β-unsaturated/α-hetero) is 2. The van der Waals surface area contributed by atoms with Gasteiger partial charge in [0.1, 0.15) is 36.1 Å². The maximum Gasteiger partial charge on any atom is 0.508 e. The Hall–Kier alpha value is -3.65. The lowest BCUT2D eigenvalue weighted by atomic mass is 9.44. The molecule has 2 saturated carbocycles. The highest BCUT2D eigenvalue weighted by atomic mass is 16.7. The van der Waals surface area contributed by atoms with Gasteiger partial charge in [0.2, 0.25) is 0 Å². The van der Waals surface area contributed by atoms with Gasteiger partial charge in [-0.25, -0.2) is 9.59 Å². The lowest BCUT2D eigenvalue weighted by Gasteiger charge is -2.67. The van der Waals surface area contributed by atoms with E-state index >= 15 is 4.79 Å². The van der Waals surface area contributed by atoms with E-state index in [0.717, 1.165) is 14.0 Å². The summed E-state index contributed by atoms with van der Waals surface area (Å²) in [6.45, 7) is 6.71. The molecule has 1 saturated heterocycles. The van der Waals surface area contributed by atoms with Gasteiger partial charge in [-0.3, -0.25) is 14.4 Å². The number of methoxy groups -OCH3 is 2. The first kappa shape index (κ1) is 32.7. The van der Waals surface area contributed by atoms with Crippen molar-refractivity contribution in [2.75, 3.05) is 20.8 Å². The fraction of sp³-hybridized carbons (Fsp3) is 0.594. The van der Waals surface area contributed by atoms with E-state index < -0.39 is 88.1 Å². The summed E-state index contributed by atoms with van der Waals surface area (Å²) in [5.41, 5.74) is -7.91. The van der Waals surface area contributed by atoms with E-state index in [2.05, 4.69) is 0 Å². The number of aliphatic hydroxyl groups excluding tert-OH is 1. The molecule has 5 rings (SSSR count). The van der Waals surface area contributed by atoms with Gasteiger partial charge in [0, 0.05) is 25.9 Å². The summed E-state index contributed by atoms with van der Waals surface area (Å²) >= 11 is 0. The van der Waals surface area contributed by atoms with Gasteiger partial charge in [-0.1, -0.05) is 32.0 Å². The number of aliphatic hydroxyl groups is 2. The van der Waals surface area contributed by atoms with Gasteiger partial charge >= 0.3 is 18.1 Å². The predicted octanol–water partition coefficient (Wildman–Crippen LogP) is 1.71. The first-order valence-electron chi connectivity index (χ1n) is 14.6. The molecule has 0 aromatic heterocycles. The number of esters is 2. The van der Waals surface area contributed by atoms with Crippen molar-refractivity contribution in [3.05, 3.63) is 47.0 Å². The Bertz CT molecular complexity index is 1470. The van der Waals surface area contributed by atoms with Gasteiger partial charge in [-0.05, 0) is 37.1 Å². The molecule has 13 nitrogen and oxygen atoms in total. The van der Waals surface area contributed by atoms with Crippen LogP contribution >= 0.6 is 0 Å². The Balaban J connectivity index is 1.89. The number of ether oxygens (including phenoxy) is 6. The Morgan fingerprint density at radius 2 is 1.67 bits per heavy atom. The molecule has 0 amide bonds. The summed E-state index contributed by atoms with van der Waals surface area (Å²) in [6.07, 6.45) is -9.26. The average molecular weight is 631 g/mol. The molecule has 1 aromatic rings. The van der Waals surface area contributed by atoms with Crippen LogP contribution in [0.25, 0.3) is 0 Å². The van der Waals surface area contributed by atoms with Crippen molar-refractivity contribution in [2.24, 2.45) is 16.7 Å². The molecule has 9 atom stereocenters. The molecule has 1 aliphatic heterocycles. The molecule has 0 spiro atoms. The minimum absolute atomic E-state index is 0.0200. The number of carbonyl (C=O) groups is 5. The van der Waals surface area contributed by atoms with Crippen molar-refractivity contribution in [1.29, 1.82) is 0 Å². The van der Waals surface area contributed by atoms with Crippen molar-refractivity contribution in [3.63, 3.8) is 0 Å². The highest BCUT2D eigenvalue weighted by Gasteiger charge is 2.80. The maximum atomic E-state index is 15.0. The maximum absolute atomic E-state index is 15.0. The molecule has 2 bridgehead atoms. The smallest absolute Gasteiger partial charge is 0.455 e. The molecule has 4 aliphatic rings. The highest BCUT2D eigenvalue weighted by molar-refractivity contribution is 6.05. The molecule has 1 heterocycles. The van der Waals surface area contributed by atoms with E-state index in [9.17, 15) is 29.4 Å². The lowest BCUT2D eigenvalue weighted by Crippen LogP contribution is -2.83. The molecule has 13 heteroatoms. The van der Waals surface area contributed by atoms with Crippen molar-refractivity contribution < 1.29 is 62.6 Å². The van der Waals surface area contributed by atoms with Crippen LogP contribution in [-0.4, -0.2) is 102 Å². The number of rotatable bonds is 5. The van der Waals surface area contributed by atoms with Crippen LogP contribution in [0.15, 0.2) is 41.5 Å². The van der Waals surface area contributed by atoms with Gasteiger partial charge < -0.3 is 38.6 Å². The lowest BCUT2D eigenvalue weighted by molar-refractivity contribution is -0.348. The van der Waals surface area contributed by atoms with Crippen LogP contribution in [-0.2, 0) is 42.8 Å². The summed E-state index contributed by atoms with van der Waals surface area (Å²) in [4.78, 5) is 67.8. The molecule has 0 radical (unpaired) electrons. The van der Waals surface area contributed by atoms with Crippen LogP contribution in [0.2, 0.25) is 0 Å². The third kappa shape index (κ3) is 4.38. The van der Waals surface area contributed by atoms with Gasteiger partial charge in [0.05, 0.1) is 30.6 Å². The van der Waals surface area contributed by atoms with Crippen LogP contribution in [0.5, 0.6) is 0 Å². The average Bonchev–Trinajstić information content (AvgIpc) is 3.00. The number of fused-ring (bicyclic) bond motifs is 5. The molecule has 3 fully saturated rings. The number of carbonyl (C=O) groups excluding carboxylic acids is 5. The van der Waals surface area contributed by atoms with E-state index in [4.69, 9.17) is 28.4 Å². The topological polar surface area (TPSA) is 181 Å². The number of ketones is 2. The second-order valence-electron chi connectivity index (χ2n) is 12.8. The Morgan fingerprint density at radius 3 is 2.20 bits per heavy atom. The second-order valence-corrected chi connectivity index (χ2v) is 12.8. The first-order chi connectivity index (χ1) is 21.0. The third-order valence-electron chi connectivity index (χ3n) is 10.4. The molecule has 45 heavy (non-hydrogen) atoms. The number of benzene rings is 1. The highest BCUT2D eigenvalue weighted by Crippen LogP contribution is 2.64. The minimum atomic E-state index is -2.65. The molecule has 2 N–H and O–H groups in total. The van der Waals surface area contributed by atoms with Crippen LogP contribution < -0.4 is 0 Å². The van der Waals surface area contributed by atoms with Crippen LogP contribution in [0, 0.1) is 16.7 Å². The van der Waals surface area contributed by atoms with E-state index in [1.54, 1.807) is 18.2 Å². The normalized spacial score (nSPS) is 38.4. The molecular formula is C32H38O13. The summed E-state index contributed by atoms with van der Waals surface area (Å²) < 4.78 is 34.1. The molecule has 1 aromatic carbocycles. The molecule has 0 unspecified atom stereocenters.